The second kappa shape index (κ2) is 12.4. The van der Waals surface area contributed by atoms with E-state index in [0.29, 0.717) is 36.1 Å². The zero-order valence-electron chi connectivity index (χ0n) is 27.8. The number of benzene rings is 1. The van der Waals surface area contributed by atoms with Gasteiger partial charge in [0.15, 0.2) is 5.54 Å². The fourth-order valence-electron chi connectivity index (χ4n) is 7.23. The summed E-state index contributed by atoms with van der Waals surface area (Å²) >= 11 is 0. The van der Waals surface area contributed by atoms with Crippen LogP contribution in [0, 0.1) is 11.6 Å². The third-order valence-corrected chi connectivity index (χ3v) is 9.45. The Hall–Kier alpha value is -5.02. The molecule has 3 aliphatic heterocycles. The molecule has 15 heteroatoms. The van der Waals surface area contributed by atoms with Crippen LogP contribution in [0.4, 0.5) is 25.1 Å². The minimum atomic E-state index is -1.72. The summed E-state index contributed by atoms with van der Waals surface area (Å²) in [5, 5.41) is 5.64. The third-order valence-electron chi connectivity index (χ3n) is 9.45. The maximum Gasteiger partial charge on any atom is 0.411 e. The van der Waals surface area contributed by atoms with Gasteiger partial charge in [-0.3, -0.25) is 24.3 Å². The highest BCUT2D eigenvalue weighted by Crippen LogP contribution is 2.46. The van der Waals surface area contributed by atoms with Crippen molar-refractivity contribution in [2.24, 2.45) is 0 Å². The van der Waals surface area contributed by atoms with Crippen molar-refractivity contribution in [1.29, 1.82) is 0 Å². The first-order chi connectivity index (χ1) is 23.8. The van der Waals surface area contributed by atoms with Gasteiger partial charge in [-0.2, -0.15) is 0 Å². The van der Waals surface area contributed by atoms with Gasteiger partial charge in [-0.15, -0.1) is 0 Å². The van der Waals surface area contributed by atoms with Gasteiger partial charge in [-0.1, -0.05) is 6.07 Å². The molecule has 4 amide bonds. The van der Waals surface area contributed by atoms with E-state index in [1.165, 1.54) is 16.0 Å². The highest BCUT2D eigenvalue weighted by Gasteiger charge is 2.57. The molecule has 2 aromatic heterocycles. The molecule has 262 valence electrons. The summed E-state index contributed by atoms with van der Waals surface area (Å²) in [6.07, 6.45) is 2.96. The van der Waals surface area contributed by atoms with Crippen LogP contribution < -0.4 is 10.6 Å². The van der Waals surface area contributed by atoms with Crippen LogP contribution >= 0.6 is 0 Å². The number of piperazine rings is 1. The van der Waals surface area contributed by atoms with Crippen LogP contribution in [0.2, 0.25) is 0 Å². The van der Waals surface area contributed by atoms with Crippen LogP contribution in [0.5, 0.6) is 0 Å². The lowest BCUT2D eigenvalue weighted by Gasteiger charge is -2.51. The summed E-state index contributed by atoms with van der Waals surface area (Å²) in [7, 11) is 0. The molecule has 0 radical (unpaired) electrons. The number of pyridine rings is 2. The van der Waals surface area contributed by atoms with Crippen LogP contribution in [0.1, 0.15) is 49.2 Å². The second-order valence-electron chi connectivity index (χ2n) is 14.0. The average molecular weight is 691 g/mol. The molecule has 1 aromatic carbocycles. The van der Waals surface area contributed by atoms with Crippen molar-refractivity contribution in [1.82, 2.24) is 19.8 Å². The van der Waals surface area contributed by atoms with E-state index in [2.05, 4.69) is 20.6 Å². The Bertz CT molecular complexity index is 1870. The number of anilines is 2. The molecule has 3 aromatic rings. The summed E-state index contributed by atoms with van der Waals surface area (Å²) < 4.78 is 46.2. The molecule has 0 bridgehead atoms. The predicted molar refractivity (Wildman–Crippen MR) is 173 cm³/mol. The van der Waals surface area contributed by atoms with E-state index in [9.17, 15) is 28.0 Å². The first kappa shape index (κ1) is 33.5. The van der Waals surface area contributed by atoms with E-state index in [-0.39, 0.29) is 44.4 Å². The number of hydrogen-bond acceptors (Lipinski definition) is 9. The minimum Gasteiger partial charge on any atom is -0.444 e. The topological polar surface area (TPSA) is 152 Å². The van der Waals surface area contributed by atoms with Crippen molar-refractivity contribution in [2.75, 3.05) is 50.2 Å². The van der Waals surface area contributed by atoms with Gasteiger partial charge in [-0.05, 0) is 62.6 Å². The molecular formula is C35H36F2N6O7. The van der Waals surface area contributed by atoms with Crippen molar-refractivity contribution in [2.45, 2.75) is 56.2 Å². The monoisotopic (exact) mass is 690 g/mol. The zero-order valence-corrected chi connectivity index (χ0v) is 27.8. The maximum atomic E-state index is 14.6. The van der Waals surface area contributed by atoms with E-state index in [1.807, 2.05) is 6.07 Å². The number of fused-ring (bicyclic) bond motifs is 3. The number of ether oxygens (including phenoxy) is 3. The zero-order chi connectivity index (χ0) is 35.4. The Balaban J connectivity index is 1.18. The molecule has 2 N–H and O–H groups in total. The second-order valence-corrected chi connectivity index (χ2v) is 14.0. The van der Waals surface area contributed by atoms with E-state index >= 15 is 0 Å². The van der Waals surface area contributed by atoms with Crippen LogP contribution in [0.25, 0.3) is 0 Å². The van der Waals surface area contributed by atoms with Gasteiger partial charge in [-0.25, -0.2) is 18.6 Å². The molecule has 2 saturated heterocycles. The number of rotatable bonds is 4. The highest BCUT2D eigenvalue weighted by molar-refractivity contribution is 6.06. The van der Waals surface area contributed by atoms with E-state index in [0.717, 1.165) is 23.3 Å². The third kappa shape index (κ3) is 5.93. The standard InChI is InChI=1S/C35H36F2N6O7/c1-33(2,3)50-32(47)43-16-27(20-9-22(36)12-23(37)10-20)42(31(46)35(43)18-48-7-8-49-19-35)17-28(44)40-24-11-21-13-34(14-26(21)39-15-24)25-5-4-6-38-29(25)41-30(34)45/h4-6,9-12,15,27H,7-8,13-14,16-19H2,1-3H3,(H,40,44)(H,38,41,45)/t27-,34?/m0/s1. The fourth-order valence-corrected chi connectivity index (χ4v) is 7.23. The Morgan fingerprint density at radius 2 is 1.78 bits per heavy atom. The van der Waals surface area contributed by atoms with Gasteiger partial charge >= 0.3 is 6.09 Å². The van der Waals surface area contributed by atoms with Gasteiger partial charge in [0.25, 0.3) is 5.91 Å². The average Bonchev–Trinajstić information content (AvgIpc) is 3.43. The van der Waals surface area contributed by atoms with Gasteiger partial charge in [0.05, 0.1) is 49.8 Å². The van der Waals surface area contributed by atoms with Crippen LogP contribution in [0.15, 0.2) is 48.8 Å². The molecule has 4 aliphatic rings. The molecule has 2 atom stereocenters. The van der Waals surface area contributed by atoms with Crippen molar-refractivity contribution in [3.05, 3.63) is 82.8 Å². The molecule has 1 unspecified atom stereocenters. The molecule has 1 aliphatic carbocycles. The summed E-state index contributed by atoms with van der Waals surface area (Å²) in [6.45, 7) is 4.01. The summed E-state index contributed by atoms with van der Waals surface area (Å²) in [6, 6.07) is 7.06. The van der Waals surface area contributed by atoms with Gasteiger partial charge in [0, 0.05) is 36.5 Å². The Morgan fingerprint density at radius 3 is 2.48 bits per heavy atom. The largest absolute Gasteiger partial charge is 0.444 e. The Morgan fingerprint density at radius 1 is 1.06 bits per heavy atom. The van der Waals surface area contributed by atoms with Gasteiger partial charge in [0.2, 0.25) is 11.8 Å². The van der Waals surface area contributed by atoms with Crippen LogP contribution in [-0.4, -0.2) is 94.2 Å². The molecule has 2 fully saturated rings. The summed E-state index contributed by atoms with van der Waals surface area (Å²) in [5.41, 5.74) is -0.863. The number of carbonyl (C=O) groups excluding carboxylic acids is 4. The summed E-state index contributed by atoms with van der Waals surface area (Å²) in [4.78, 5) is 66.3. The lowest BCUT2D eigenvalue weighted by Crippen LogP contribution is -2.72. The molecule has 50 heavy (non-hydrogen) atoms. The molecule has 13 nitrogen and oxygen atoms in total. The quantitative estimate of drug-likeness (QED) is 0.420. The smallest absolute Gasteiger partial charge is 0.411 e. The van der Waals surface area contributed by atoms with Gasteiger partial charge < -0.3 is 29.7 Å². The number of nitrogens with zero attached hydrogens (tertiary/aromatic N) is 4. The molecule has 5 heterocycles. The lowest BCUT2D eigenvalue weighted by atomic mass is 9.80. The lowest BCUT2D eigenvalue weighted by molar-refractivity contribution is -0.165. The number of aromatic nitrogens is 2. The molecular weight excluding hydrogens is 654 g/mol. The number of nitrogens with one attached hydrogen (secondary N) is 2. The Labute approximate surface area is 286 Å². The normalized spacial score (nSPS) is 22.6. The molecule has 2 spiro atoms. The number of halogens is 2. The number of hydrogen-bond donors (Lipinski definition) is 2. The first-order valence-electron chi connectivity index (χ1n) is 16.3. The fraction of sp³-hybridized carbons (Fsp3) is 0.429. The first-order valence-corrected chi connectivity index (χ1v) is 16.3. The highest BCUT2D eigenvalue weighted by atomic mass is 19.1. The minimum absolute atomic E-state index is 0.0385. The maximum absolute atomic E-state index is 14.6. The van der Waals surface area contributed by atoms with Gasteiger partial charge in [0.1, 0.15) is 29.6 Å². The van der Waals surface area contributed by atoms with Crippen molar-refractivity contribution in [3.8, 4) is 0 Å². The SMILES string of the molecule is CC(C)(C)OC(=O)N1C[C@@H](c2cc(F)cc(F)c2)N(CC(=O)Nc2cnc3c(c2)CC2(C3)C(=O)Nc3ncccc32)C(=O)C12COCCOC2. The number of carbonyl (C=O) groups is 4. The van der Waals surface area contributed by atoms with Crippen LogP contribution in [0.3, 0.4) is 0 Å². The molecule has 0 saturated carbocycles. The van der Waals surface area contributed by atoms with E-state index in [1.54, 1.807) is 39.1 Å². The van der Waals surface area contributed by atoms with Crippen molar-refractivity contribution < 1.29 is 42.2 Å². The van der Waals surface area contributed by atoms with Crippen molar-refractivity contribution in [3.63, 3.8) is 0 Å². The summed E-state index contributed by atoms with van der Waals surface area (Å²) in [5.74, 6) is -2.77. The van der Waals surface area contributed by atoms with E-state index in [4.69, 9.17) is 14.2 Å². The Kier molecular flexibility index (Phi) is 8.29. The number of amides is 4. The van der Waals surface area contributed by atoms with Crippen LogP contribution in [-0.2, 0) is 46.9 Å². The predicted octanol–water partition coefficient (Wildman–Crippen LogP) is 3.29. The molecule has 7 rings (SSSR count). The van der Waals surface area contributed by atoms with E-state index < -0.39 is 58.7 Å². The van der Waals surface area contributed by atoms with Crippen molar-refractivity contribution >= 4 is 35.3 Å².